The van der Waals surface area contributed by atoms with Crippen LogP contribution in [-0.2, 0) is 10.5 Å². The van der Waals surface area contributed by atoms with Crippen molar-refractivity contribution in [3.05, 3.63) is 41.4 Å². The molecule has 3 N–H and O–H groups in total. The van der Waals surface area contributed by atoms with Gasteiger partial charge in [-0.05, 0) is 43.5 Å². The SMILES string of the molecule is CC(C)CC(CN)NC(=O)C(C)SCc1ncc(-c2ccc(Cl)cc2)o1.Cl.Cl. The van der Waals surface area contributed by atoms with Crippen molar-refractivity contribution in [3.8, 4) is 11.3 Å². The van der Waals surface area contributed by atoms with E-state index in [-0.39, 0.29) is 42.0 Å². The molecule has 1 aromatic heterocycles. The summed E-state index contributed by atoms with van der Waals surface area (Å²) in [5, 5.41) is 3.49. The van der Waals surface area contributed by atoms with Gasteiger partial charge in [0, 0.05) is 23.2 Å². The second-order valence-electron chi connectivity index (χ2n) is 6.65. The van der Waals surface area contributed by atoms with E-state index >= 15 is 0 Å². The largest absolute Gasteiger partial charge is 0.440 e. The van der Waals surface area contributed by atoms with Crippen molar-refractivity contribution < 1.29 is 9.21 Å². The Labute approximate surface area is 188 Å². The van der Waals surface area contributed by atoms with Gasteiger partial charge in [0.05, 0.1) is 17.2 Å². The highest BCUT2D eigenvalue weighted by Gasteiger charge is 2.19. The standard InChI is InChI=1S/C19H26ClN3O2S.2ClH/c1-12(2)8-16(9-21)23-19(24)13(3)26-11-18-22-10-17(25-18)14-4-6-15(20)7-5-14;;/h4-7,10,12-13,16H,8-9,11,21H2,1-3H3,(H,23,24);2*1H. The van der Waals surface area contributed by atoms with Crippen LogP contribution in [0.15, 0.2) is 34.9 Å². The predicted molar refractivity (Wildman–Crippen MR) is 123 cm³/mol. The average molecular weight is 469 g/mol. The number of halogens is 3. The fourth-order valence-corrected chi connectivity index (χ4v) is 3.37. The summed E-state index contributed by atoms with van der Waals surface area (Å²) in [5.74, 6) is 2.30. The molecule has 1 aromatic carbocycles. The Balaban J connectivity index is 0.00000364. The Morgan fingerprint density at radius 2 is 1.89 bits per heavy atom. The van der Waals surface area contributed by atoms with Crippen LogP contribution in [0.2, 0.25) is 5.02 Å². The minimum absolute atomic E-state index is 0. The number of nitrogens with two attached hydrogens (primary N) is 1. The molecule has 28 heavy (non-hydrogen) atoms. The van der Waals surface area contributed by atoms with Gasteiger partial charge >= 0.3 is 0 Å². The van der Waals surface area contributed by atoms with E-state index in [1.807, 2.05) is 31.2 Å². The van der Waals surface area contributed by atoms with E-state index in [1.54, 1.807) is 6.20 Å². The summed E-state index contributed by atoms with van der Waals surface area (Å²) in [6.45, 7) is 6.57. The van der Waals surface area contributed by atoms with Crippen LogP contribution in [0.25, 0.3) is 11.3 Å². The molecule has 0 aliphatic carbocycles. The van der Waals surface area contributed by atoms with E-state index in [0.717, 1.165) is 12.0 Å². The van der Waals surface area contributed by atoms with Crippen molar-refractivity contribution in [1.29, 1.82) is 0 Å². The first-order valence-electron chi connectivity index (χ1n) is 8.71. The Kier molecular flexibility index (Phi) is 12.9. The second-order valence-corrected chi connectivity index (χ2v) is 8.41. The van der Waals surface area contributed by atoms with Crippen LogP contribution >= 0.6 is 48.2 Å². The summed E-state index contributed by atoms with van der Waals surface area (Å²) in [4.78, 5) is 16.6. The summed E-state index contributed by atoms with van der Waals surface area (Å²) < 4.78 is 5.77. The van der Waals surface area contributed by atoms with Crippen molar-refractivity contribution in [2.24, 2.45) is 11.7 Å². The van der Waals surface area contributed by atoms with Crippen molar-refractivity contribution in [1.82, 2.24) is 10.3 Å². The highest BCUT2D eigenvalue weighted by molar-refractivity contribution is 7.99. The number of nitrogens with one attached hydrogen (secondary N) is 1. The molecule has 2 aromatic rings. The summed E-state index contributed by atoms with van der Waals surface area (Å²) in [7, 11) is 0. The quantitative estimate of drug-likeness (QED) is 0.544. The molecule has 1 amide bonds. The number of carbonyl (C=O) groups excluding carboxylic acids is 1. The molecule has 1 heterocycles. The van der Waals surface area contributed by atoms with Crippen LogP contribution in [-0.4, -0.2) is 28.7 Å². The molecular weight excluding hydrogens is 441 g/mol. The maximum atomic E-state index is 12.3. The molecule has 0 saturated heterocycles. The van der Waals surface area contributed by atoms with Gasteiger partial charge in [0.1, 0.15) is 0 Å². The van der Waals surface area contributed by atoms with Crippen molar-refractivity contribution in [2.45, 2.75) is 44.2 Å². The lowest BCUT2D eigenvalue weighted by molar-refractivity contribution is -0.121. The lowest BCUT2D eigenvalue weighted by Crippen LogP contribution is -2.44. The van der Waals surface area contributed by atoms with Crippen LogP contribution in [0.3, 0.4) is 0 Å². The Hall–Kier alpha value is -0.920. The number of aromatic nitrogens is 1. The van der Waals surface area contributed by atoms with E-state index in [1.165, 1.54) is 11.8 Å². The Morgan fingerprint density at radius 1 is 1.25 bits per heavy atom. The van der Waals surface area contributed by atoms with Crippen LogP contribution in [0.1, 0.15) is 33.1 Å². The second kappa shape index (κ2) is 13.3. The highest BCUT2D eigenvalue weighted by atomic mass is 35.5. The fourth-order valence-electron chi connectivity index (χ4n) is 2.50. The van der Waals surface area contributed by atoms with E-state index < -0.39 is 0 Å². The normalized spacial score (nSPS) is 12.6. The summed E-state index contributed by atoms with van der Waals surface area (Å²) >= 11 is 7.39. The molecule has 158 valence electrons. The monoisotopic (exact) mass is 467 g/mol. The third-order valence-electron chi connectivity index (χ3n) is 3.90. The van der Waals surface area contributed by atoms with E-state index in [2.05, 4.69) is 24.1 Å². The van der Waals surface area contributed by atoms with Crippen LogP contribution in [0.5, 0.6) is 0 Å². The molecule has 0 aliphatic heterocycles. The third kappa shape index (κ3) is 8.62. The van der Waals surface area contributed by atoms with Crippen molar-refractivity contribution in [3.63, 3.8) is 0 Å². The van der Waals surface area contributed by atoms with Gasteiger partial charge < -0.3 is 15.5 Å². The van der Waals surface area contributed by atoms with Gasteiger partial charge in [-0.25, -0.2) is 4.98 Å². The zero-order valence-corrected chi connectivity index (χ0v) is 19.4. The van der Waals surface area contributed by atoms with Crippen LogP contribution in [0, 0.1) is 5.92 Å². The predicted octanol–water partition coefficient (Wildman–Crippen LogP) is 4.95. The van der Waals surface area contributed by atoms with Gasteiger partial charge in [-0.1, -0.05) is 25.4 Å². The molecule has 0 fully saturated rings. The molecule has 0 aliphatic rings. The molecule has 0 spiro atoms. The maximum absolute atomic E-state index is 12.3. The highest BCUT2D eigenvalue weighted by Crippen LogP contribution is 2.25. The maximum Gasteiger partial charge on any atom is 0.233 e. The Bertz CT molecular complexity index is 711. The summed E-state index contributed by atoms with van der Waals surface area (Å²) in [5.41, 5.74) is 6.67. The number of oxazole rings is 1. The van der Waals surface area contributed by atoms with Gasteiger partial charge in [0.25, 0.3) is 0 Å². The molecule has 5 nitrogen and oxygen atoms in total. The molecule has 2 atom stereocenters. The fraction of sp³-hybridized carbons (Fsp3) is 0.474. The summed E-state index contributed by atoms with van der Waals surface area (Å²) in [6, 6.07) is 7.41. The zero-order valence-electron chi connectivity index (χ0n) is 16.2. The number of hydrogen-bond donors (Lipinski definition) is 2. The van der Waals surface area contributed by atoms with Gasteiger partial charge in [-0.15, -0.1) is 36.6 Å². The minimum Gasteiger partial charge on any atom is -0.440 e. The Morgan fingerprint density at radius 3 is 2.46 bits per heavy atom. The third-order valence-corrected chi connectivity index (χ3v) is 5.27. The van der Waals surface area contributed by atoms with Gasteiger partial charge in [0.2, 0.25) is 11.8 Å². The number of rotatable bonds is 9. The lowest BCUT2D eigenvalue weighted by Gasteiger charge is -2.20. The number of amides is 1. The molecule has 0 bridgehead atoms. The minimum atomic E-state index is -0.206. The van der Waals surface area contributed by atoms with E-state index in [4.69, 9.17) is 21.8 Å². The number of carbonyl (C=O) groups is 1. The first-order chi connectivity index (χ1) is 12.4. The van der Waals surface area contributed by atoms with Gasteiger partial charge in [-0.2, -0.15) is 0 Å². The van der Waals surface area contributed by atoms with Gasteiger partial charge in [-0.3, -0.25) is 4.79 Å². The first kappa shape index (κ1) is 27.1. The summed E-state index contributed by atoms with van der Waals surface area (Å²) in [6.07, 6.45) is 2.57. The van der Waals surface area contributed by atoms with Crippen molar-refractivity contribution in [2.75, 3.05) is 6.54 Å². The number of hydrogen-bond acceptors (Lipinski definition) is 5. The van der Waals surface area contributed by atoms with Crippen LogP contribution in [0.4, 0.5) is 0 Å². The molecule has 0 radical (unpaired) electrons. The molecule has 0 saturated carbocycles. The average Bonchev–Trinajstić information content (AvgIpc) is 3.08. The van der Waals surface area contributed by atoms with Gasteiger partial charge in [0.15, 0.2) is 5.76 Å². The zero-order chi connectivity index (χ0) is 19.1. The molecule has 2 rings (SSSR count). The smallest absolute Gasteiger partial charge is 0.233 e. The number of benzene rings is 1. The van der Waals surface area contributed by atoms with E-state index in [0.29, 0.717) is 34.9 Å². The van der Waals surface area contributed by atoms with Crippen molar-refractivity contribution >= 4 is 54.1 Å². The molecular formula is C19H28Cl3N3O2S. The topological polar surface area (TPSA) is 81.1 Å². The molecule has 2 unspecified atom stereocenters. The lowest BCUT2D eigenvalue weighted by atomic mass is 10.0. The number of thioether (sulfide) groups is 1. The molecule has 9 heteroatoms. The van der Waals surface area contributed by atoms with E-state index in [9.17, 15) is 4.79 Å². The number of nitrogens with zero attached hydrogens (tertiary/aromatic N) is 1. The van der Waals surface area contributed by atoms with Crippen LogP contribution < -0.4 is 11.1 Å². The first-order valence-corrected chi connectivity index (χ1v) is 10.1.